The van der Waals surface area contributed by atoms with Gasteiger partial charge in [-0.25, -0.2) is 4.98 Å². The van der Waals surface area contributed by atoms with E-state index >= 15 is 0 Å². The summed E-state index contributed by atoms with van der Waals surface area (Å²) >= 11 is 0. The Labute approximate surface area is 256 Å². The van der Waals surface area contributed by atoms with Crippen LogP contribution in [0.2, 0.25) is 0 Å². The summed E-state index contributed by atoms with van der Waals surface area (Å²) in [5, 5.41) is 9.73. The molecular weight excluding hydrogens is 560 g/mol. The van der Waals surface area contributed by atoms with Gasteiger partial charge in [-0.1, -0.05) is 12.6 Å². The predicted octanol–water partition coefficient (Wildman–Crippen LogP) is 5.32. The summed E-state index contributed by atoms with van der Waals surface area (Å²) < 4.78 is 19.4. The fourth-order valence-electron chi connectivity index (χ4n) is 5.50. The number of imidazole rings is 1. The van der Waals surface area contributed by atoms with Crippen LogP contribution < -0.4 is 20.7 Å². The van der Waals surface area contributed by atoms with E-state index in [-0.39, 0.29) is 18.0 Å². The molecule has 230 valence electrons. The van der Waals surface area contributed by atoms with Crippen molar-refractivity contribution in [1.29, 1.82) is 0 Å². The van der Waals surface area contributed by atoms with Crippen molar-refractivity contribution < 1.29 is 19.0 Å². The van der Waals surface area contributed by atoms with Gasteiger partial charge in [0.05, 0.1) is 12.9 Å². The van der Waals surface area contributed by atoms with E-state index in [1.807, 2.05) is 16.7 Å². The van der Waals surface area contributed by atoms with E-state index in [0.717, 1.165) is 63.3 Å². The van der Waals surface area contributed by atoms with Gasteiger partial charge < -0.3 is 30.2 Å². The quantitative estimate of drug-likeness (QED) is 0.184. The van der Waals surface area contributed by atoms with Gasteiger partial charge in [-0.15, -0.1) is 0 Å². The van der Waals surface area contributed by atoms with Crippen molar-refractivity contribution in [2.24, 2.45) is 0 Å². The Morgan fingerprint density at radius 3 is 2.77 bits per heavy atom. The molecule has 1 unspecified atom stereocenters. The Hall–Kier alpha value is -4.52. The van der Waals surface area contributed by atoms with E-state index in [9.17, 15) is 4.79 Å². The largest absolute Gasteiger partial charge is 0.437 e. The number of fused-ring (bicyclic) bond motifs is 1. The zero-order valence-corrected chi connectivity index (χ0v) is 24.9. The average molecular weight is 599 g/mol. The lowest BCUT2D eigenvalue weighted by Crippen LogP contribution is -2.28. The number of rotatable bonds is 12. The van der Waals surface area contributed by atoms with Gasteiger partial charge in [0.15, 0.2) is 11.2 Å². The van der Waals surface area contributed by atoms with Gasteiger partial charge in [0.2, 0.25) is 11.9 Å². The van der Waals surface area contributed by atoms with Crippen molar-refractivity contribution in [2.45, 2.75) is 38.0 Å². The third-order valence-electron chi connectivity index (χ3n) is 7.75. The van der Waals surface area contributed by atoms with E-state index in [4.69, 9.17) is 24.2 Å². The second-order valence-corrected chi connectivity index (χ2v) is 10.9. The molecule has 12 heteroatoms. The number of ether oxygens (including phenoxy) is 3. The van der Waals surface area contributed by atoms with E-state index in [2.05, 4.69) is 44.5 Å². The van der Waals surface area contributed by atoms with Gasteiger partial charge in [-0.2, -0.15) is 9.97 Å². The highest BCUT2D eigenvalue weighted by atomic mass is 16.5. The maximum atomic E-state index is 11.8. The number of hydrogen-bond donors (Lipinski definition) is 3. The van der Waals surface area contributed by atoms with E-state index in [0.29, 0.717) is 41.2 Å². The molecule has 2 atom stereocenters. The molecule has 4 heterocycles. The minimum Gasteiger partial charge on any atom is -0.437 e. The molecular formula is C32H38N8O4. The van der Waals surface area contributed by atoms with Crippen LogP contribution in [-0.4, -0.2) is 76.3 Å². The van der Waals surface area contributed by atoms with Crippen molar-refractivity contribution in [3.63, 3.8) is 0 Å². The van der Waals surface area contributed by atoms with Crippen LogP contribution >= 0.6 is 0 Å². The lowest BCUT2D eigenvalue weighted by Gasteiger charge is -2.23. The summed E-state index contributed by atoms with van der Waals surface area (Å²) in [7, 11) is 1.74. The summed E-state index contributed by atoms with van der Waals surface area (Å²) in [4.78, 5) is 28.4. The van der Waals surface area contributed by atoms with Crippen molar-refractivity contribution in [3.05, 3.63) is 67.5 Å². The molecule has 3 N–H and O–H groups in total. The minimum atomic E-state index is -0.308. The highest BCUT2D eigenvalue weighted by molar-refractivity contribution is 5.99. The first-order valence-corrected chi connectivity index (χ1v) is 15.0. The number of amides is 1. The molecule has 4 aromatic rings. The Morgan fingerprint density at radius 1 is 1.11 bits per heavy atom. The number of hydrogen-bond acceptors (Lipinski definition) is 10. The number of nitrogens with one attached hydrogen (secondary N) is 3. The van der Waals surface area contributed by atoms with Crippen LogP contribution in [-0.2, 0) is 14.3 Å². The van der Waals surface area contributed by atoms with Crippen molar-refractivity contribution in [3.8, 4) is 11.6 Å². The molecule has 2 aromatic heterocycles. The number of aromatic nitrogens is 4. The summed E-state index contributed by atoms with van der Waals surface area (Å²) in [5.41, 5.74) is 3.60. The number of methoxy groups -OCH3 is 1. The highest BCUT2D eigenvalue weighted by Gasteiger charge is 2.23. The molecule has 0 saturated carbocycles. The van der Waals surface area contributed by atoms with Crippen molar-refractivity contribution in [2.75, 3.05) is 55.9 Å². The number of anilines is 4. The molecule has 2 aliphatic rings. The fourth-order valence-corrected chi connectivity index (χ4v) is 5.50. The van der Waals surface area contributed by atoms with Gasteiger partial charge >= 0.3 is 0 Å². The molecule has 1 amide bonds. The van der Waals surface area contributed by atoms with Gasteiger partial charge in [-0.3, -0.25) is 14.3 Å². The van der Waals surface area contributed by atoms with Gasteiger partial charge in [0.1, 0.15) is 12.0 Å². The third kappa shape index (κ3) is 7.16. The summed E-state index contributed by atoms with van der Waals surface area (Å²) in [5.74, 6) is 0.838. The van der Waals surface area contributed by atoms with Crippen LogP contribution in [0.1, 0.15) is 31.9 Å². The lowest BCUT2D eigenvalue weighted by molar-refractivity contribution is -0.111. The average Bonchev–Trinajstić information content (AvgIpc) is 3.68. The monoisotopic (exact) mass is 598 g/mol. The first kappa shape index (κ1) is 29.5. The number of carbonyl (C=O) groups is 1. The molecule has 6 rings (SSSR count). The lowest BCUT2D eigenvalue weighted by atomic mass is 10.2. The second-order valence-electron chi connectivity index (χ2n) is 10.9. The molecule has 2 aliphatic heterocycles. The molecule has 2 saturated heterocycles. The first-order valence-electron chi connectivity index (χ1n) is 15.0. The summed E-state index contributed by atoms with van der Waals surface area (Å²) in [6, 6.07) is 15.6. The smallest absolute Gasteiger partial charge is 0.252 e. The van der Waals surface area contributed by atoms with Crippen LogP contribution in [0.5, 0.6) is 11.6 Å². The summed E-state index contributed by atoms with van der Waals surface area (Å²) in [6.07, 6.45) is 6.87. The number of carbonyl (C=O) groups excluding carboxylic acids is 1. The number of benzene rings is 2. The van der Waals surface area contributed by atoms with Crippen LogP contribution in [0.15, 0.2) is 67.5 Å². The maximum absolute atomic E-state index is 11.8. The molecule has 0 radical (unpaired) electrons. The number of nitrogens with zero attached hydrogens (tertiary/aromatic N) is 5. The van der Waals surface area contributed by atoms with E-state index in [1.165, 1.54) is 6.08 Å². The Balaban J connectivity index is 1.23. The minimum absolute atomic E-state index is 0.159. The molecule has 44 heavy (non-hydrogen) atoms. The Bertz CT molecular complexity index is 1590. The molecule has 2 fully saturated rings. The second kappa shape index (κ2) is 13.8. The SMILES string of the molecule is C=CC(=O)Nc1cccc(Oc2nc(Nc3ccc(N[C@H]4CCN(CCOC)C4)cc3)nc3c2ncn3C2CCCCO2)c1. The topological polar surface area (TPSA) is 128 Å². The third-order valence-corrected chi connectivity index (χ3v) is 7.75. The van der Waals surface area contributed by atoms with Crippen molar-refractivity contribution >= 4 is 40.1 Å². The highest BCUT2D eigenvalue weighted by Crippen LogP contribution is 2.33. The molecule has 0 bridgehead atoms. The maximum Gasteiger partial charge on any atom is 0.252 e. The van der Waals surface area contributed by atoms with Gasteiger partial charge in [0.25, 0.3) is 5.88 Å². The number of likely N-dealkylation sites (tertiary alicyclic amines) is 1. The van der Waals surface area contributed by atoms with E-state index in [1.54, 1.807) is 37.7 Å². The van der Waals surface area contributed by atoms with Gasteiger partial charge in [-0.05, 0) is 68.2 Å². The molecule has 0 aliphatic carbocycles. The Kier molecular flexibility index (Phi) is 9.30. The normalized spacial score (nSPS) is 18.7. The fraction of sp³-hybridized carbons (Fsp3) is 0.375. The van der Waals surface area contributed by atoms with Gasteiger partial charge in [0, 0.05) is 62.5 Å². The van der Waals surface area contributed by atoms with Crippen LogP contribution in [0.25, 0.3) is 11.2 Å². The molecule has 2 aromatic carbocycles. The van der Waals surface area contributed by atoms with Crippen LogP contribution in [0.4, 0.5) is 23.0 Å². The zero-order chi connectivity index (χ0) is 30.3. The van der Waals surface area contributed by atoms with E-state index < -0.39 is 0 Å². The summed E-state index contributed by atoms with van der Waals surface area (Å²) in [6.45, 7) is 7.98. The van der Waals surface area contributed by atoms with Crippen molar-refractivity contribution in [1.82, 2.24) is 24.4 Å². The van der Waals surface area contributed by atoms with Crippen LogP contribution in [0.3, 0.4) is 0 Å². The first-order chi connectivity index (χ1) is 21.6. The zero-order valence-electron chi connectivity index (χ0n) is 24.9. The predicted molar refractivity (Wildman–Crippen MR) is 170 cm³/mol. The Morgan fingerprint density at radius 2 is 1.98 bits per heavy atom. The molecule has 12 nitrogen and oxygen atoms in total. The standard InChI is InChI=1S/C32H38N8O4/c1-3-27(41)35-24-7-6-8-26(19-24)44-31-29-30(40(21-33-29)28-9-4-5-17-43-28)37-32(38-31)36-23-12-10-22(11-13-23)34-25-14-15-39(20-25)16-18-42-2/h3,6-8,10-13,19,21,25,28,34H,1,4-5,9,14-18,20H2,2H3,(H,35,41)(H,36,37,38)/t25-,28?/m0/s1. The molecule has 0 spiro atoms. The van der Waals surface area contributed by atoms with Crippen LogP contribution in [0, 0.1) is 0 Å².